The lowest BCUT2D eigenvalue weighted by atomic mass is 9.98. The van der Waals surface area contributed by atoms with Crippen LogP contribution in [0.15, 0.2) is 30.5 Å². The molecule has 0 bridgehead atoms. The molecule has 1 fully saturated rings. The minimum Gasteiger partial charge on any atom is -0.492 e. The van der Waals surface area contributed by atoms with Gasteiger partial charge in [-0.25, -0.2) is 4.98 Å². The second-order valence-corrected chi connectivity index (χ2v) is 6.72. The fourth-order valence-corrected chi connectivity index (χ4v) is 3.26. The maximum absolute atomic E-state index is 13.4. The molecule has 8 heteroatoms. The number of halogens is 3. The van der Waals surface area contributed by atoms with Crippen molar-refractivity contribution < 1.29 is 22.6 Å². The first-order valence-electron chi connectivity index (χ1n) is 9.46. The number of hydrogen-bond donors (Lipinski definition) is 0. The Morgan fingerprint density at radius 2 is 1.86 bits per heavy atom. The molecule has 0 atom stereocenters. The van der Waals surface area contributed by atoms with Gasteiger partial charge in [-0.3, -0.25) is 0 Å². The van der Waals surface area contributed by atoms with Gasteiger partial charge in [-0.2, -0.15) is 18.2 Å². The zero-order valence-electron chi connectivity index (χ0n) is 16.0. The van der Waals surface area contributed by atoms with Gasteiger partial charge in [0.05, 0.1) is 12.3 Å². The van der Waals surface area contributed by atoms with Gasteiger partial charge in [0.15, 0.2) is 0 Å². The number of anilines is 2. The second kappa shape index (κ2) is 8.67. The molecular formula is C20H24F3N3O2. The lowest BCUT2D eigenvalue weighted by Crippen LogP contribution is -2.23. The van der Waals surface area contributed by atoms with Crippen LogP contribution in [0.4, 0.5) is 24.8 Å². The summed E-state index contributed by atoms with van der Waals surface area (Å²) in [5.41, 5.74) is -0.291. The SMILES string of the molecule is CCOc1ccccc1N(C)c1ncc(C(F)(F)F)c(OC2CCCCC2)n1. The van der Waals surface area contributed by atoms with E-state index in [1.54, 1.807) is 24.1 Å². The second-order valence-electron chi connectivity index (χ2n) is 6.72. The predicted octanol–water partition coefficient (Wildman–Crippen LogP) is 5.37. The highest BCUT2D eigenvalue weighted by atomic mass is 19.4. The van der Waals surface area contributed by atoms with Crippen molar-refractivity contribution >= 4 is 11.6 Å². The average Bonchev–Trinajstić information content (AvgIpc) is 2.68. The Bertz CT molecular complexity index is 793. The van der Waals surface area contributed by atoms with Crippen LogP contribution < -0.4 is 14.4 Å². The Balaban J connectivity index is 1.94. The number of nitrogens with zero attached hydrogens (tertiary/aromatic N) is 3. The third kappa shape index (κ3) is 4.66. The van der Waals surface area contributed by atoms with E-state index in [-0.39, 0.29) is 12.1 Å². The van der Waals surface area contributed by atoms with Crippen molar-refractivity contribution in [3.8, 4) is 11.6 Å². The van der Waals surface area contributed by atoms with Crippen LogP contribution in [-0.4, -0.2) is 29.7 Å². The van der Waals surface area contributed by atoms with Crippen LogP contribution in [0.1, 0.15) is 44.6 Å². The van der Waals surface area contributed by atoms with E-state index in [1.807, 2.05) is 19.1 Å². The summed E-state index contributed by atoms with van der Waals surface area (Å²) in [5.74, 6) is 0.307. The molecule has 0 amide bonds. The lowest BCUT2D eigenvalue weighted by Gasteiger charge is -2.25. The first kappa shape index (κ1) is 20.2. The number of ether oxygens (including phenoxy) is 2. The van der Waals surface area contributed by atoms with Crippen LogP contribution in [0.2, 0.25) is 0 Å². The minimum absolute atomic E-state index is 0.117. The van der Waals surface area contributed by atoms with Crippen LogP contribution in [0.5, 0.6) is 11.6 Å². The van der Waals surface area contributed by atoms with Gasteiger partial charge in [-0.15, -0.1) is 0 Å². The average molecular weight is 395 g/mol. The van der Waals surface area contributed by atoms with Crippen molar-refractivity contribution in [1.82, 2.24) is 9.97 Å². The van der Waals surface area contributed by atoms with Gasteiger partial charge in [-0.1, -0.05) is 18.6 Å². The smallest absolute Gasteiger partial charge is 0.423 e. The minimum atomic E-state index is -4.58. The van der Waals surface area contributed by atoms with Crippen LogP contribution in [0, 0.1) is 0 Å². The van der Waals surface area contributed by atoms with E-state index >= 15 is 0 Å². The first-order valence-corrected chi connectivity index (χ1v) is 9.46. The van der Waals surface area contributed by atoms with E-state index in [0.29, 0.717) is 18.0 Å². The predicted molar refractivity (Wildman–Crippen MR) is 100 cm³/mol. The number of aromatic nitrogens is 2. The summed E-state index contributed by atoms with van der Waals surface area (Å²) in [6.07, 6.45) is 0.414. The van der Waals surface area contributed by atoms with Crippen molar-refractivity contribution in [2.45, 2.75) is 51.3 Å². The van der Waals surface area contributed by atoms with Crippen molar-refractivity contribution in [2.75, 3.05) is 18.6 Å². The highest BCUT2D eigenvalue weighted by Crippen LogP contribution is 2.38. The molecule has 0 aliphatic heterocycles. The molecule has 0 N–H and O–H groups in total. The molecule has 5 nitrogen and oxygen atoms in total. The van der Waals surface area contributed by atoms with E-state index < -0.39 is 17.6 Å². The number of hydrogen-bond acceptors (Lipinski definition) is 5. The molecule has 28 heavy (non-hydrogen) atoms. The molecule has 0 saturated heterocycles. The van der Waals surface area contributed by atoms with Crippen molar-refractivity contribution in [3.63, 3.8) is 0 Å². The molecular weight excluding hydrogens is 371 g/mol. The van der Waals surface area contributed by atoms with Crippen molar-refractivity contribution in [3.05, 3.63) is 36.0 Å². The van der Waals surface area contributed by atoms with Gasteiger partial charge in [0.2, 0.25) is 11.8 Å². The number of alkyl halides is 3. The normalized spacial score (nSPS) is 15.3. The van der Waals surface area contributed by atoms with Gasteiger partial charge >= 0.3 is 6.18 Å². The molecule has 152 valence electrons. The molecule has 3 rings (SSSR count). The van der Waals surface area contributed by atoms with Crippen molar-refractivity contribution in [1.29, 1.82) is 0 Å². The summed E-state index contributed by atoms with van der Waals surface area (Å²) in [6, 6.07) is 7.23. The maximum Gasteiger partial charge on any atom is 0.423 e. The summed E-state index contributed by atoms with van der Waals surface area (Å²) in [4.78, 5) is 9.66. The third-order valence-electron chi connectivity index (χ3n) is 4.70. The molecule has 0 spiro atoms. The molecule has 1 aromatic carbocycles. The Morgan fingerprint density at radius 1 is 1.14 bits per heavy atom. The number of rotatable bonds is 6. The fourth-order valence-electron chi connectivity index (χ4n) is 3.26. The Labute approximate surface area is 162 Å². The number of benzene rings is 1. The van der Waals surface area contributed by atoms with Gasteiger partial charge in [0.25, 0.3) is 0 Å². The Hall–Kier alpha value is -2.51. The van der Waals surface area contributed by atoms with Crippen LogP contribution >= 0.6 is 0 Å². The molecule has 2 aromatic rings. The summed E-state index contributed by atoms with van der Waals surface area (Å²) in [7, 11) is 1.69. The van der Waals surface area contributed by atoms with E-state index in [2.05, 4.69) is 9.97 Å². The van der Waals surface area contributed by atoms with Crippen molar-refractivity contribution in [2.24, 2.45) is 0 Å². The summed E-state index contributed by atoms with van der Waals surface area (Å²) in [6.45, 7) is 2.33. The summed E-state index contributed by atoms with van der Waals surface area (Å²) >= 11 is 0. The molecule has 1 saturated carbocycles. The van der Waals surface area contributed by atoms with Gasteiger partial charge in [0.1, 0.15) is 17.4 Å². The van der Waals surface area contributed by atoms with Gasteiger partial charge < -0.3 is 14.4 Å². The molecule has 1 aliphatic carbocycles. The Morgan fingerprint density at radius 3 is 2.54 bits per heavy atom. The molecule has 1 heterocycles. The largest absolute Gasteiger partial charge is 0.492 e. The van der Waals surface area contributed by atoms with Gasteiger partial charge in [-0.05, 0) is 44.7 Å². The van der Waals surface area contributed by atoms with E-state index in [9.17, 15) is 13.2 Å². The monoisotopic (exact) mass is 395 g/mol. The summed E-state index contributed by atoms with van der Waals surface area (Å²) in [5, 5.41) is 0. The van der Waals surface area contributed by atoms with E-state index in [0.717, 1.165) is 38.3 Å². The molecule has 0 radical (unpaired) electrons. The quantitative estimate of drug-likeness (QED) is 0.658. The molecule has 0 unspecified atom stereocenters. The number of para-hydroxylation sites is 2. The topological polar surface area (TPSA) is 47.5 Å². The van der Waals surface area contributed by atoms with Gasteiger partial charge in [0, 0.05) is 13.2 Å². The standard InChI is InChI=1S/C20H24F3N3O2/c1-3-27-17-12-8-7-11-16(17)26(2)19-24-13-15(20(21,22)23)18(25-19)28-14-9-5-4-6-10-14/h7-8,11-14H,3-6,9-10H2,1-2H3. The van der Waals surface area contributed by atoms with E-state index in [4.69, 9.17) is 9.47 Å². The highest BCUT2D eigenvalue weighted by Gasteiger charge is 2.37. The van der Waals surface area contributed by atoms with E-state index in [1.165, 1.54) is 0 Å². The highest BCUT2D eigenvalue weighted by molar-refractivity contribution is 5.65. The molecule has 1 aromatic heterocycles. The zero-order valence-corrected chi connectivity index (χ0v) is 16.0. The Kier molecular flexibility index (Phi) is 6.26. The fraction of sp³-hybridized carbons (Fsp3) is 0.500. The molecule has 1 aliphatic rings. The van der Waals surface area contributed by atoms with Crippen LogP contribution in [0.25, 0.3) is 0 Å². The maximum atomic E-state index is 13.4. The van der Waals surface area contributed by atoms with Crippen LogP contribution in [0.3, 0.4) is 0 Å². The third-order valence-corrected chi connectivity index (χ3v) is 4.70. The lowest BCUT2D eigenvalue weighted by molar-refractivity contribution is -0.140. The van der Waals surface area contributed by atoms with Crippen LogP contribution in [-0.2, 0) is 6.18 Å². The first-order chi connectivity index (χ1) is 13.4. The summed E-state index contributed by atoms with van der Waals surface area (Å²) < 4.78 is 51.6. The zero-order chi connectivity index (χ0) is 20.1.